The zero-order valence-electron chi connectivity index (χ0n) is 36.4. The summed E-state index contributed by atoms with van der Waals surface area (Å²) in [5.74, 6) is 0.764. The summed E-state index contributed by atoms with van der Waals surface area (Å²) >= 11 is 7.88. The van der Waals surface area contributed by atoms with Crippen LogP contribution in [-0.4, -0.2) is 105 Å². The van der Waals surface area contributed by atoms with Crippen LogP contribution in [0.3, 0.4) is 0 Å². The van der Waals surface area contributed by atoms with Crippen LogP contribution in [0.2, 0.25) is 5.02 Å². The van der Waals surface area contributed by atoms with Gasteiger partial charge in [-0.2, -0.15) is 4.98 Å². The summed E-state index contributed by atoms with van der Waals surface area (Å²) in [6.45, 7) is 8.72. The number of nitrogens with one attached hydrogen (secondary N) is 3. The van der Waals surface area contributed by atoms with Gasteiger partial charge in [-0.25, -0.2) is 9.37 Å². The Morgan fingerprint density at radius 2 is 1.58 bits per heavy atom. The van der Waals surface area contributed by atoms with Gasteiger partial charge < -0.3 is 35.1 Å². The third-order valence-electron chi connectivity index (χ3n) is 10.8. The van der Waals surface area contributed by atoms with Crippen molar-refractivity contribution in [1.82, 2.24) is 44.9 Å². The number of carbonyl (C=O) groups excluding carboxylic acids is 2. The van der Waals surface area contributed by atoms with Gasteiger partial charge in [-0.3, -0.25) is 28.9 Å². The van der Waals surface area contributed by atoms with Crippen molar-refractivity contribution in [2.45, 2.75) is 39.8 Å². The molecule has 0 bridgehead atoms. The fraction of sp³-hybridized carbons (Fsp3) is 0.304. The smallest absolute Gasteiger partial charge is 0.280 e. The first-order chi connectivity index (χ1) is 31.9. The number of nitrogens with two attached hydrogens (primary N) is 1. The highest BCUT2D eigenvalue weighted by molar-refractivity contribution is 7.15. The van der Waals surface area contributed by atoms with Gasteiger partial charge in [0.25, 0.3) is 11.5 Å². The number of H-pyrrole nitrogens is 1. The molecule has 4 aromatic heterocycles. The first-order valence-corrected chi connectivity index (χ1v) is 22.4. The molecule has 0 saturated carbocycles. The molecule has 17 nitrogen and oxygen atoms in total. The number of aromatic amines is 1. The summed E-state index contributed by atoms with van der Waals surface area (Å²) in [5, 5.41) is 16.2. The van der Waals surface area contributed by atoms with Crippen molar-refractivity contribution in [3.8, 4) is 16.4 Å². The Hall–Kier alpha value is -6.64. The highest BCUT2D eigenvalue weighted by atomic mass is 35.5. The van der Waals surface area contributed by atoms with E-state index in [1.165, 1.54) is 17.0 Å². The molecule has 0 spiro atoms. The van der Waals surface area contributed by atoms with Gasteiger partial charge in [0.05, 0.1) is 58.3 Å². The van der Waals surface area contributed by atoms with Crippen molar-refractivity contribution in [3.05, 3.63) is 138 Å². The molecule has 1 aliphatic rings. The van der Waals surface area contributed by atoms with E-state index in [-0.39, 0.29) is 60.9 Å². The normalized spacial score (nSPS) is 13.3. The number of benzene rings is 3. The van der Waals surface area contributed by atoms with E-state index in [1.54, 1.807) is 52.3 Å². The number of nitrogens with zero attached hydrogens (tertiary/aromatic N) is 7. The van der Waals surface area contributed by atoms with Crippen LogP contribution < -0.4 is 21.9 Å². The Kier molecular flexibility index (Phi) is 14.4. The largest absolute Gasteiger partial charge is 0.377 e. The molecule has 5 N–H and O–H groups in total. The molecule has 1 atom stereocenters. The minimum Gasteiger partial charge on any atom is -0.377 e. The molecule has 0 saturated heterocycles. The van der Waals surface area contributed by atoms with Crippen LogP contribution in [0.25, 0.3) is 27.6 Å². The lowest BCUT2D eigenvalue weighted by Gasteiger charge is -2.13. The number of hydrogen-bond donors (Lipinski definition) is 4. The lowest BCUT2D eigenvalue weighted by molar-refractivity contribution is -0.121. The number of amides is 2. The zero-order chi connectivity index (χ0) is 46.3. The van der Waals surface area contributed by atoms with Crippen molar-refractivity contribution >= 4 is 57.6 Å². The maximum absolute atomic E-state index is 13.6. The topological polar surface area (TPSA) is 219 Å². The first-order valence-electron chi connectivity index (χ1n) is 21.2. The third-order valence-corrected chi connectivity index (χ3v) is 12.3. The van der Waals surface area contributed by atoms with Gasteiger partial charge >= 0.3 is 0 Å². The number of aromatic nitrogens is 7. The van der Waals surface area contributed by atoms with Gasteiger partial charge in [0.15, 0.2) is 17.0 Å². The second kappa shape index (κ2) is 20.7. The summed E-state index contributed by atoms with van der Waals surface area (Å²) in [5.41, 5.74) is 11.2. The van der Waals surface area contributed by atoms with E-state index in [0.29, 0.717) is 67.4 Å². The number of carbonyl (C=O) groups is 2. The summed E-state index contributed by atoms with van der Waals surface area (Å²) in [4.78, 5) is 56.7. The number of nitrogen functional groups attached to an aromatic ring is 1. The first kappa shape index (κ1) is 45.9. The van der Waals surface area contributed by atoms with Gasteiger partial charge in [-0.15, -0.1) is 21.5 Å². The molecule has 8 rings (SSSR count). The summed E-state index contributed by atoms with van der Waals surface area (Å²) in [6, 6.07) is 19.8. The molecule has 5 heterocycles. The van der Waals surface area contributed by atoms with Crippen molar-refractivity contribution < 1.29 is 28.2 Å². The summed E-state index contributed by atoms with van der Waals surface area (Å²) in [6.07, 6.45) is 0.0761. The van der Waals surface area contributed by atoms with E-state index in [9.17, 15) is 18.8 Å². The van der Waals surface area contributed by atoms with E-state index in [0.717, 1.165) is 38.8 Å². The Morgan fingerprint density at radius 1 is 0.879 bits per heavy atom. The van der Waals surface area contributed by atoms with Gasteiger partial charge in [-0.1, -0.05) is 48.0 Å². The maximum atomic E-state index is 13.6. The van der Waals surface area contributed by atoms with Crippen LogP contribution >= 0.6 is 22.9 Å². The number of fused-ring (bicyclic) bond motifs is 4. The van der Waals surface area contributed by atoms with E-state index in [4.69, 9.17) is 36.5 Å². The predicted octanol–water partition coefficient (Wildman–Crippen LogP) is 5.66. The van der Waals surface area contributed by atoms with Crippen LogP contribution in [0.1, 0.15) is 61.6 Å². The Balaban J connectivity index is 0.742. The van der Waals surface area contributed by atoms with Gasteiger partial charge in [0.2, 0.25) is 11.9 Å². The van der Waals surface area contributed by atoms with E-state index < -0.39 is 11.6 Å². The van der Waals surface area contributed by atoms with Crippen LogP contribution in [0.15, 0.2) is 82.6 Å². The highest BCUT2D eigenvalue weighted by Crippen LogP contribution is 2.39. The van der Waals surface area contributed by atoms with E-state index in [2.05, 4.69) is 49.6 Å². The van der Waals surface area contributed by atoms with E-state index in [1.807, 2.05) is 35.8 Å². The minimum absolute atomic E-state index is 0.0695. The number of halogens is 2. The van der Waals surface area contributed by atoms with Gasteiger partial charge in [0.1, 0.15) is 28.5 Å². The molecular formula is C46H47ClFN11O6S. The lowest BCUT2D eigenvalue weighted by Crippen LogP contribution is -2.29. The molecule has 342 valence electrons. The van der Waals surface area contributed by atoms with Crippen LogP contribution in [-0.2, 0) is 25.5 Å². The SMILES string of the molecule is Cc1sc2c(c1C)C(c1ccc(Cl)cc1)=N[C@@H](CC(=O)NCCOCCOCCOCCNC(=O)c1cccc(-c3nc4c(=O)[nH]c(N)nc4n3Cc3ccc(F)cc3)c1)c1nnc(C)n1-2. The fourth-order valence-electron chi connectivity index (χ4n) is 7.49. The number of anilines is 1. The minimum atomic E-state index is -0.569. The molecule has 7 aromatic rings. The molecule has 1 aliphatic heterocycles. The highest BCUT2D eigenvalue weighted by Gasteiger charge is 2.32. The molecule has 0 fully saturated rings. The van der Waals surface area contributed by atoms with Crippen molar-refractivity contribution in [2.24, 2.45) is 4.99 Å². The quantitative estimate of drug-likeness (QED) is 0.0726. The van der Waals surface area contributed by atoms with Crippen molar-refractivity contribution in [2.75, 3.05) is 58.5 Å². The number of ether oxygens (including phenoxy) is 3. The second-order valence-corrected chi connectivity index (χ2v) is 17.0. The van der Waals surface area contributed by atoms with Crippen LogP contribution in [0, 0.1) is 26.6 Å². The Labute approximate surface area is 387 Å². The zero-order valence-corrected chi connectivity index (χ0v) is 38.0. The molecule has 20 heteroatoms. The third kappa shape index (κ3) is 10.4. The number of aliphatic imine (C=N–C) groups is 1. The van der Waals surface area contributed by atoms with E-state index >= 15 is 0 Å². The molecule has 0 radical (unpaired) electrons. The number of rotatable bonds is 19. The molecule has 66 heavy (non-hydrogen) atoms. The van der Waals surface area contributed by atoms with Gasteiger partial charge in [0, 0.05) is 45.2 Å². The Bertz CT molecular complexity index is 2970. The van der Waals surface area contributed by atoms with Crippen LogP contribution in [0.5, 0.6) is 0 Å². The standard InChI is InChI=1S/C46H47ClFN11O6S/c1-26-27(2)66-45-37(26)38(30-9-11-33(47)12-10-30)52-35(41-57-56-28(3)59(41)45)24-36(60)50-15-17-63-19-21-65-22-20-64-18-16-51-43(61)32-6-4-5-31(23-32)40-53-39-42(54-46(49)55-44(39)62)58(40)25-29-7-13-34(48)14-8-29/h4-14,23,35H,15-22,24-25H2,1-3H3,(H,50,60)(H,51,61)(H3,49,54,55,62)/t35-/m0/s1. The summed E-state index contributed by atoms with van der Waals surface area (Å²) < 4.78 is 34.3. The number of aryl methyl sites for hydroxylation is 2. The molecule has 0 aliphatic carbocycles. The lowest BCUT2D eigenvalue weighted by atomic mass is 9.99. The average molecular weight is 936 g/mol. The maximum Gasteiger partial charge on any atom is 0.280 e. The molecule has 0 unspecified atom stereocenters. The van der Waals surface area contributed by atoms with Crippen molar-refractivity contribution in [1.29, 1.82) is 0 Å². The van der Waals surface area contributed by atoms with Gasteiger partial charge in [-0.05, 0) is 68.3 Å². The number of hydrogen-bond acceptors (Lipinski definition) is 13. The molecular weight excluding hydrogens is 889 g/mol. The molecule has 2 amide bonds. The number of thiophene rings is 1. The Morgan fingerprint density at radius 3 is 2.30 bits per heavy atom. The molecule has 3 aromatic carbocycles. The summed E-state index contributed by atoms with van der Waals surface area (Å²) in [7, 11) is 0. The monoisotopic (exact) mass is 935 g/mol. The number of imidazole rings is 1. The van der Waals surface area contributed by atoms with Crippen molar-refractivity contribution in [3.63, 3.8) is 0 Å². The van der Waals surface area contributed by atoms with Crippen LogP contribution in [0.4, 0.5) is 10.3 Å². The average Bonchev–Trinajstić information content (AvgIpc) is 3.93. The second-order valence-electron chi connectivity index (χ2n) is 15.4. The predicted molar refractivity (Wildman–Crippen MR) is 249 cm³/mol. The fourth-order valence-corrected chi connectivity index (χ4v) is 8.83.